The predicted octanol–water partition coefficient (Wildman–Crippen LogP) is 6.22. The van der Waals surface area contributed by atoms with E-state index in [9.17, 15) is 9.59 Å². The number of nitrogens with zero attached hydrogens (tertiary/aromatic N) is 1. The number of amides is 2. The van der Waals surface area contributed by atoms with E-state index in [-0.39, 0.29) is 5.91 Å². The van der Waals surface area contributed by atoms with Gasteiger partial charge in [-0.25, -0.2) is 9.86 Å². The molecule has 2 N–H and O–H groups in total. The lowest BCUT2D eigenvalue weighted by atomic mass is 9.76. The normalized spacial score (nSPS) is 12.3. The van der Waals surface area contributed by atoms with E-state index in [1.807, 2.05) is 99.6 Å². The van der Waals surface area contributed by atoms with Gasteiger partial charge in [0.1, 0.15) is 5.60 Å². The minimum Gasteiger partial charge on any atom is -0.444 e. The Kier molecular flexibility index (Phi) is 10.3. The van der Waals surface area contributed by atoms with Crippen LogP contribution in [0, 0.1) is 0 Å². The summed E-state index contributed by atoms with van der Waals surface area (Å²) in [5, 5.41) is 7.87. The minimum absolute atomic E-state index is 0.203. The molecule has 2 amide bonds. The third kappa shape index (κ3) is 8.09. The lowest BCUT2D eigenvalue weighted by molar-refractivity contribution is -0.171. The molecule has 0 radical (unpaired) electrons. The molecule has 1 unspecified atom stereocenters. The van der Waals surface area contributed by atoms with Crippen molar-refractivity contribution in [3.63, 3.8) is 0 Å². The second kappa shape index (κ2) is 14.1. The lowest BCUT2D eigenvalue weighted by Crippen LogP contribution is -2.56. The third-order valence-electron chi connectivity index (χ3n) is 7.19. The smallest absolute Gasteiger partial charge is 0.407 e. The van der Waals surface area contributed by atoms with Crippen molar-refractivity contribution in [1.29, 1.82) is 0 Å². The van der Waals surface area contributed by atoms with Gasteiger partial charge in [-0.05, 0) is 55.0 Å². The van der Waals surface area contributed by atoms with Gasteiger partial charge in [0.25, 0.3) is 5.91 Å². The molecule has 0 saturated carbocycles. The monoisotopic (exact) mass is 579 g/mol. The quantitative estimate of drug-likeness (QED) is 0.163. The Morgan fingerprint density at radius 2 is 1.16 bits per heavy atom. The number of ether oxygens (including phenoxy) is 1. The van der Waals surface area contributed by atoms with Gasteiger partial charge in [-0.1, -0.05) is 115 Å². The molecule has 1 atom stereocenters. The second-order valence-corrected chi connectivity index (χ2v) is 11.4. The van der Waals surface area contributed by atoms with E-state index in [0.717, 1.165) is 27.8 Å². The van der Waals surface area contributed by atoms with Gasteiger partial charge in [-0.2, -0.15) is 0 Å². The van der Waals surface area contributed by atoms with E-state index in [2.05, 4.69) is 47.0 Å². The Morgan fingerprint density at radius 3 is 1.58 bits per heavy atom. The lowest BCUT2D eigenvalue weighted by Gasteiger charge is -2.40. The highest BCUT2D eigenvalue weighted by atomic mass is 16.7. The van der Waals surface area contributed by atoms with E-state index in [1.165, 1.54) is 12.2 Å². The first kappa shape index (κ1) is 31.5. The first-order valence-corrected chi connectivity index (χ1v) is 14.4. The van der Waals surface area contributed by atoms with Crippen molar-refractivity contribution in [2.45, 2.75) is 50.9 Å². The Hall–Kier alpha value is -4.46. The number of benzene rings is 4. The number of hydrogen-bond donors (Lipinski definition) is 2. The number of carbonyl (C=O) groups excluding carboxylic acids is 2. The maximum absolute atomic E-state index is 13.9. The standard InChI is InChI=1S/C36H41N3O4/c1-35(2,3)43-34(41)37-26-28-23-21-27(22-24-28)25-32(33(40)39(4)42-5)38-36(29-15-9-6-10-16-29,30-17-11-7-12-18-30)31-19-13-8-14-20-31/h6-24,32,38H,25-26H2,1-5H3,(H,37,41). The fourth-order valence-electron chi connectivity index (χ4n) is 5.10. The van der Waals surface area contributed by atoms with Crippen LogP contribution in [-0.4, -0.2) is 42.9 Å². The summed E-state index contributed by atoms with van der Waals surface area (Å²) < 4.78 is 5.34. The van der Waals surface area contributed by atoms with E-state index in [1.54, 1.807) is 7.05 Å². The topological polar surface area (TPSA) is 79.9 Å². The molecule has 0 aliphatic heterocycles. The molecule has 0 aromatic heterocycles. The highest BCUT2D eigenvalue weighted by Crippen LogP contribution is 2.37. The molecule has 224 valence electrons. The van der Waals surface area contributed by atoms with E-state index in [4.69, 9.17) is 9.57 Å². The molecule has 0 spiro atoms. The number of hydrogen-bond acceptors (Lipinski definition) is 5. The zero-order valence-electron chi connectivity index (χ0n) is 25.5. The van der Waals surface area contributed by atoms with Crippen molar-refractivity contribution in [1.82, 2.24) is 15.7 Å². The Morgan fingerprint density at radius 1 is 0.721 bits per heavy atom. The first-order valence-electron chi connectivity index (χ1n) is 14.4. The van der Waals surface area contributed by atoms with Gasteiger partial charge in [0.05, 0.1) is 18.7 Å². The minimum atomic E-state index is -0.837. The molecule has 0 aliphatic rings. The van der Waals surface area contributed by atoms with Crippen LogP contribution in [0.2, 0.25) is 0 Å². The highest BCUT2D eigenvalue weighted by Gasteiger charge is 2.40. The molecule has 0 fully saturated rings. The third-order valence-corrected chi connectivity index (χ3v) is 7.19. The summed E-state index contributed by atoms with van der Waals surface area (Å²) in [7, 11) is 3.11. The van der Waals surface area contributed by atoms with E-state index < -0.39 is 23.3 Å². The molecular formula is C36H41N3O4. The van der Waals surface area contributed by atoms with Gasteiger partial charge in [-0.15, -0.1) is 0 Å². The van der Waals surface area contributed by atoms with Crippen molar-refractivity contribution >= 4 is 12.0 Å². The summed E-state index contributed by atoms with van der Waals surface area (Å²) >= 11 is 0. The van der Waals surface area contributed by atoms with Gasteiger partial charge in [-0.3, -0.25) is 14.9 Å². The molecule has 7 heteroatoms. The Labute approximate surface area is 254 Å². The summed E-state index contributed by atoms with van der Waals surface area (Å²) in [5.74, 6) is -0.203. The molecule has 0 heterocycles. The molecule has 4 aromatic carbocycles. The Bertz CT molecular complexity index is 1360. The van der Waals surface area contributed by atoms with Gasteiger partial charge >= 0.3 is 6.09 Å². The number of hydroxylamine groups is 2. The summed E-state index contributed by atoms with van der Waals surface area (Å²) in [5.41, 5.74) is 3.50. The fraction of sp³-hybridized carbons (Fsp3) is 0.278. The van der Waals surface area contributed by atoms with Crippen LogP contribution in [0.1, 0.15) is 48.6 Å². The molecule has 4 rings (SSSR count). The van der Waals surface area contributed by atoms with Gasteiger partial charge in [0.15, 0.2) is 0 Å². The number of alkyl carbamates (subject to hydrolysis) is 1. The van der Waals surface area contributed by atoms with Crippen LogP contribution in [0.4, 0.5) is 4.79 Å². The first-order chi connectivity index (χ1) is 20.6. The number of carbonyl (C=O) groups is 2. The van der Waals surface area contributed by atoms with Crippen molar-refractivity contribution in [3.8, 4) is 0 Å². The summed E-state index contributed by atoms with van der Waals surface area (Å²) in [6.07, 6.45) is -0.0614. The summed E-state index contributed by atoms with van der Waals surface area (Å²) in [6, 6.07) is 37.8. The molecule has 0 saturated heterocycles. The van der Waals surface area contributed by atoms with E-state index >= 15 is 0 Å². The van der Waals surface area contributed by atoms with Gasteiger partial charge in [0, 0.05) is 13.6 Å². The molecular weight excluding hydrogens is 538 g/mol. The molecule has 4 aromatic rings. The second-order valence-electron chi connectivity index (χ2n) is 11.4. The van der Waals surface area contributed by atoms with E-state index in [0.29, 0.717) is 13.0 Å². The van der Waals surface area contributed by atoms with Crippen LogP contribution in [-0.2, 0) is 32.9 Å². The van der Waals surface area contributed by atoms with Crippen LogP contribution in [0.5, 0.6) is 0 Å². The van der Waals surface area contributed by atoms with Crippen LogP contribution in [0.25, 0.3) is 0 Å². The molecule has 43 heavy (non-hydrogen) atoms. The predicted molar refractivity (Wildman–Crippen MR) is 169 cm³/mol. The van der Waals surface area contributed by atoms with Crippen LogP contribution < -0.4 is 10.6 Å². The zero-order chi connectivity index (χ0) is 30.9. The average Bonchev–Trinajstić information content (AvgIpc) is 3.02. The van der Waals surface area contributed by atoms with Crippen molar-refractivity contribution in [2.24, 2.45) is 0 Å². The van der Waals surface area contributed by atoms with Crippen LogP contribution in [0.15, 0.2) is 115 Å². The molecule has 0 aliphatic carbocycles. The Balaban J connectivity index is 1.70. The highest BCUT2D eigenvalue weighted by molar-refractivity contribution is 5.81. The van der Waals surface area contributed by atoms with Crippen molar-refractivity contribution in [3.05, 3.63) is 143 Å². The van der Waals surface area contributed by atoms with Crippen molar-refractivity contribution < 1.29 is 19.2 Å². The maximum Gasteiger partial charge on any atom is 0.407 e. The number of likely N-dealkylation sites (N-methyl/N-ethyl adjacent to an activating group) is 1. The van der Waals surface area contributed by atoms with Crippen LogP contribution in [0.3, 0.4) is 0 Å². The zero-order valence-corrected chi connectivity index (χ0v) is 25.5. The van der Waals surface area contributed by atoms with Gasteiger partial charge < -0.3 is 10.1 Å². The number of rotatable bonds is 11. The fourth-order valence-corrected chi connectivity index (χ4v) is 5.10. The summed E-state index contributed by atoms with van der Waals surface area (Å²) in [6.45, 7) is 5.82. The number of nitrogens with one attached hydrogen (secondary N) is 2. The largest absolute Gasteiger partial charge is 0.444 e. The average molecular weight is 580 g/mol. The molecule has 0 bridgehead atoms. The SMILES string of the molecule is CON(C)C(=O)C(Cc1ccc(CNC(=O)OC(C)(C)C)cc1)NC(c1ccccc1)(c1ccccc1)c1ccccc1. The van der Waals surface area contributed by atoms with Crippen LogP contribution >= 0.6 is 0 Å². The molecule has 7 nitrogen and oxygen atoms in total. The summed E-state index contributed by atoms with van der Waals surface area (Å²) in [4.78, 5) is 31.3. The van der Waals surface area contributed by atoms with Crippen molar-refractivity contribution in [2.75, 3.05) is 14.2 Å². The maximum atomic E-state index is 13.9. The van der Waals surface area contributed by atoms with Gasteiger partial charge in [0.2, 0.25) is 0 Å².